The van der Waals surface area contributed by atoms with E-state index in [0.29, 0.717) is 45.2 Å². The number of ether oxygens (including phenoxy) is 1. The number of carboxylic acid groups (broad SMARTS) is 1. The van der Waals surface area contributed by atoms with Crippen LogP contribution in [0, 0.1) is 0 Å². The number of carbonyl (C=O) groups is 3. The Morgan fingerprint density at radius 1 is 1.33 bits per heavy atom. The molecular formula is C16H29N3O5. The summed E-state index contributed by atoms with van der Waals surface area (Å²) in [6.45, 7) is 6.26. The SMILES string of the molecule is CC(C)(C)OC(=O)NCCCC[C@H](N)C(=O)N1CCC[C@H]1C(=O)O. The summed E-state index contributed by atoms with van der Waals surface area (Å²) in [6, 6.07) is -1.45. The number of hydrogen-bond acceptors (Lipinski definition) is 5. The lowest BCUT2D eigenvalue weighted by atomic mass is 10.1. The highest BCUT2D eigenvalue weighted by Crippen LogP contribution is 2.19. The maximum Gasteiger partial charge on any atom is 0.407 e. The minimum atomic E-state index is -0.977. The Kier molecular flexibility index (Phi) is 7.47. The van der Waals surface area contributed by atoms with E-state index in [0.717, 1.165) is 0 Å². The number of hydrogen-bond donors (Lipinski definition) is 3. The van der Waals surface area contributed by atoms with Crippen molar-refractivity contribution in [1.29, 1.82) is 0 Å². The van der Waals surface area contributed by atoms with Crippen LogP contribution in [0.15, 0.2) is 0 Å². The average Bonchev–Trinajstić information content (AvgIpc) is 2.93. The largest absolute Gasteiger partial charge is 0.480 e. The molecule has 0 saturated carbocycles. The van der Waals surface area contributed by atoms with Crippen molar-refractivity contribution in [3.8, 4) is 0 Å². The molecule has 138 valence electrons. The third kappa shape index (κ3) is 6.74. The fraction of sp³-hybridized carbons (Fsp3) is 0.812. The number of unbranched alkanes of at least 4 members (excludes halogenated alkanes) is 1. The molecular weight excluding hydrogens is 314 g/mol. The molecule has 0 aromatic carbocycles. The van der Waals surface area contributed by atoms with E-state index in [2.05, 4.69) is 5.32 Å². The van der Waals surface area contributed by atoms with Gasteiger partial charge in [-0.05, 0) is 52.9 Å². The van der Waals surface area contributed by atoms with E-state index in [9.17, 15) is 14.4 Å². The smallest absolute Gasteiger partial charge is 0.407 e. The number of alkyl carbamates (subject to hydrolysis) is 1. The van der Waals surface area contributed by atoms with Crippen molar-refractivity contribution in [1.82, 2.24) is 10.2 Å². The molecule has 1 aliphatic heterocycles. The van der Waals surface area contributed by atoms with Gasteiger partial charge in [0, 0.05) is 13.1 Å². The molecule has 24 heavy (non-hydrogen) atoms. The van der Waals surface area contributed by atoms with Crippen LogP contribution >= 0.6 is 0 Å². The topological polar surface area (TPSA) is 122 Å². The van der Waals surface area contributed by atoms with Crippen LogP contribution in [-0.2, 0) is 14.3 Å². The fourth-order valence-corrected chi connectivity index (χ4v) is 2.62. The molecule has 1 aliphatic rings. The molecule has 2 atom stereocenters. The van der Waals surface area contributed by atoms with Gasteiger partial charge in [-0.25, -0.2) is 9.59 Å². The Morgan fingerprint density at radius 3 is 2.58 bits per heavy atom. The molecule has 0 bridgehead atoms. The number of amides is 2. The first-order valence-corrected chi connectivity index (χ1v) is 8.37. The summed E-state index contributed by atoms with van der Waals surface area (Å²) in [4.78, 5) is 36.2. The van der Waals surface area contributed by atoms with Gasteiger partial charge in [-0.2, -0.15) is 0 Å². The summed E-state index contributed by atoms with van der Waals surface area (Å²) >= 11 is 0. The van der Waals surface area contributed by atoms with Crippen LogP contribution in [0.2, 0.25) is 0 Å². The van der Waals surface area contributed by atoms with Gasteiger partial charge in [0.05, 0.1) is 6.04 Å². The Labute approximate surface area is 142 Å². The van der Waals surface area contributed by atoms with Crippen LogP contribution in [0.1, 0.15) is 52.9 Å². The molecule has 0 aliphatic carbocycles. The highest BCUT2D eigenvalue weighted by molar-refractivity contribution is 5.87. The molecule has 0 aromatic rings. The Hall–Kier alpha value is -1.83. The van der Waals surface area contributed by atoms with E-state index < -0.39 is 29.7 Å². The van der Waals surface area contributed by atoms with Gasteiger partial charge in [-0.1, -0.05) is 0 Å². The molecule has 2 amide bonds. The van der Waals surface area contributed by atoms with Crippen molar-refractivity contribution >= 4 is 18.0 Å². The second-order valence-electron chi connectivity index (χ2n) is 7.06. The van der Waals surface area contributed by atoms with Gasteiger partial charge in [-0.3, -0.25) is 4.79 Å². The van der Waals surface area contributed by atoms with Gasteiger partial charge in [0.2, 0.25) is 5.91 Å². The molecule has 0 spiro atoms. The van der Waals surface area contributed by atoms with Crippen molar-refractivity contribution in [3.63, 3.8) is 0 Å². The van der Waals surface area contributed by atoms with Crippen LogP contribution < -0.4 is 11.1 Å². The van der Waals surface area contributed by atoms with Crippen LogP contribution in [-0.4, -0.2) is 58.8 Å². The van der Waals surface area contributed by atoms with Crippen molar-refractivity contribution in [2.24, 2.45) is 5.73 Å². The first-order chi connectivity index (χ1) is 11.1. The third-order valence-electron chi connectivity index (χ3n) is 3.75. The Bertz CT molecular complexity index is 461. The summed E-state index contributed by atoms with van der Waals surface area (Å²) in [6.07, 6.45) is 2.49. The summed E-state index contributed by atoms with van der Waals surface area (Å²) in [5, 5.41) is 11.8. The zero-order valence-electron chi connectivity index (χ0n) is 14.7. The monoisotopic (exact) mass is 343 g/mol. The number of aliphatic carboxylic acids is 1. The quantitative estimate of drug-likeness (QED) is 0.595. The third-order valence-corrected chi connectivity index (χ3v) is 3.75. The molecule has 0 radical (unpaired) electrons. The first-order valence-electron chi connectivity index (χ1n) is 8.37. The van der Waals surface area contributed by atoms with E-state index in [1.54, 1.807) is 20.8 Å². The number of nitrogens with one attached hydrogen (secondary N) is 1. The number of carbonyl (C=O) groups excluding carboxylic acids is 2. The molecule has 4 N–H and O–H groups in total. The van der Waals surface area contributed by atoms with Crippen LogP contribution in [0.4, 0.5) is 4.79 Å². The van der Waals surface area contributed by atoms with E-state index >= 15 is 0 Å². The number of nitrogens with zero attached hydrogens (tertiary/aromatic N) is 1. The Morgan fingerprint density at radius 2 is 2.00 bits per heavy atom. The standard InChI is InChI=1S/C16H29N3O5/c1-16(2,3)24-15(23)18-9-5-4-7-11(17)13(20)19-10-6-8-12(19)14(21)22/h11-12H,4-10,17H2,1-3H3,(H,18,23)(H,21,22)/t11-,12-/m0/s1. The van der Waals surface area contributed by atoms with E-state index in [4.69, 9.17) is 15.6 Å². The number of nitrogens with two attached hydrogens (primary N) is 1. The highest BCUT2D eigenvalue weighted by Gasteiger charge is 2.35. The van der Waals surface area contributed by atoms with Crippen LogP contribution in [0.3, 0.4) is 0 Å². The maximum atomic E-state index is 12.2. The lowest BCUT2D eigenvalue weighted by Gasteiger charge is -2.24. The van der Waals surface area contributed by atoms with Gasteiger partial charge < -0.3 is 25.8 Å². The first kappa shape index (κ1) is 20.2. The number of rotatable bonds is 7. The van der Waals surface area contributed by atoms with Gasteiger partial charge in [0.1, 0.15) is 11.6 Å². The molecule has 0 aromatic heterocycles. The van der Waals surface area contributed by atoms with Crippen molar-refractivity contribution in [2.45, 2.75) is 70.6 Å². The molecule has 1 heterocycles. The molecule has 8 nitrogen and oxygen atoms in total. The van der Waals surface area contributed by atoms with E-state index in [1.807, 2.05) is 0 Å². The molecule has 1 rings (SSSR count). The van der Waals surface area contributed by atoms with E-state index in [-0.39, 0.29) is 5.91 Å². The molecule has 8 heteroatoms. The van der Waals surface area contributed by atoms with Gasteiger partial charge in [-0.15, -0.1) is 0 Å². The van der Waals surface area contributed by atoms with Gasteiger partial charge >= 0.3 is 12.1 Å². The minimum absolute atomic E-state index is 0.306. The lowest BCUT2D eigenvalue weighted by Crippen LogP contribution is -2.48. The van der Waals surface area contributed by atoms with Crippen molar-refractivity contribution in [3.05, 3.63) is 0 Å². The maximum absolute atomic E-state index is 12.2. The normalized spacial score (nSPS) is 19.0. The summed E-state index contributed by atoms with van der Waals surface area (Å²) in [7, 11) is 0. The van der Waals surface area contributed by atoms with Gasteiger partial charge in [0.25, 0.3) is 0 Å². The van der Waals surface area contributed by atoms with Crippen molar-refractivity contribution in [2.75, 3.05) is 13.1 Å². The highest BCUT2D eigenvalue weighted by atomic mass is 16.6. The zero-order chi connectivity index (χ0) is 18.3. The molecule has 0 unspecified atom stereocenters. The summed E-state index contributed by atoms with van der Waals surface area (Å²) in [5.41, 5.74) is 5.36. The summed E-state index contributed by atoms with van der Waals surface area (Å²) < 4.78 is 5.11. The predicted octanol–water partition coefficient (Wildman–Crippen LogP) is 1.08. The predicted molar refractivity (Wildman–Crippen MR) is 88.4 cm³/mol. The van der Waals surface area contributed by atoms with Crippen molar-refractivity contribution < 1.29 is 24.2 Å². The number of carboxylic acids is 1. The second kappa shape index (κ2) is 8.86. The second-order valence-corrected chi connectivity index (χ2v) is 7.06. The zero-order valence-corrected chi connectivity index (χ0v) is 14.7. The lowest BCUT2D eigenvalue weighted by molar-refractivity contribution is -0.148. The Balaban J connectivity index is 2.24. The van der Waals surface area contributed by atoms with E-state index in [1.165, 1.54) is 4.90 Å². The molecule has 1 saturated heterocycles. The van der Waals surface area contributed by atoms with Crippen LogP contribution in [0.5, 0.6) is 0 Å². The van der Waals surface area contributed by atoms with Crippen LogP contribution in [0.25, 0.3) is 0 Å². The minimum Gasteiger partial charge on any atom is -0.480 e. The van der Waals surface area contributed by atoms with Gasteiger partial charge in [0.15, 0.2) is 0 Å². The average molecular weight is 343 g/mol. The molecule has 1 fully saturated rings. The fourth-order valence-electron chi connectivity index (χ4n) is 2.62. The summed E-state index contributed by atoms with van der Waals surface area (Å²) in [5.74, 6) is -1.28. The number of likely N-dealkylation sites (tertiary alicyclic amines) is 1.